The minimum atomic E-state index is 0.0414. The van der Waals surface area contributed by atoms with Gasteiger partial charge in [-0.05, 0) is 26.8 Å². The van der Waals surface area contributed by atoms with Crippen LogP contribution >= 0.6 is 23.6 Å². The third kappa shape index (κ3) is 3.45. The highest BCUT2D eigenvalue weighted by Crippen LogP contribution is 2.21. The van der Waals surface area contributed by atoms with Crippen molar-refractivity contribution < 1.29 is 0 Å². The van der Waals surface area contributed by atoms with E-state index in [4.69, 9.17) is 18.0 Å². The summed E-state index contributed by atoms with van der Waals surface area (Å²) in [6, 6.07) is 1.81. The van der Waals surface area contributed by atoms with Gasteiger partial charge in [0.25, 0.3) is 0 Å². The summed E-state index contributed by atoms with van der Waals surface area (Å²) in [5.74, 6) is 0.517. The molecule has 7 heteroatoms. The molecule has 0 radical (unpaired) electrons. The lowest BCUT2D eigenvalue weighted by atomic mass is 10.3. The van der Waals surface area contributed by atoms with Crippen molar-refractivity contribution in [2.24, 2.45) is 5.73 Å². The van der Waals surface area contributed by atoms with Crippen LogP contribution in [0, 0.1) is 13.8 Å². The van der Waals surface area contributed by atoms with Crippen molar-refractivity contribution in [1.82, 2.24) is 15.0 Å². The van der Waals surface area contributed by atoms with Gasteiger partial charge in [0.05, 0.1) is 6.04 Å². The first kappa shape index (κ1) is 13.8. The van der Waals surface area contributed by atoms with Gasteiger partial charge in [-0.15, -0.1) is 11.3 Å². The van der Waals surface area contributed by atoms with E-state index in [1.807, 2.05) is 27.0 Å². The average Bonchev–Trinajstić information content (AvgIpc) is 2.75. The molecule has 0 aliphatic rings. The van der Waals surface area contributed by atoms with E-state index < -0.39 is 0 Å². The smallest absolute Gasteiger partial charge is 0.224 e. The van der Waals surface area contributed by atoms with Crippen LogP contribution in [0.3, 0.4) is 0 Å². The van der Waals surface area contributed by atoms with Crippen LogP contribution in [0.4, 0.5) is 5.95 Å². The molecule has 0 aromatic carbocycles. The number of hydrogen-bond acceptors (Lipinski definition) is 6. The molecule has 3 N–H and O–H groups in total. The molecule has 0 amide bonds. The van der Waals surface area contributed by atoms with Crippen LogP contribution in [0.1, 0.15) is 34.2 Å². The predicted molar refractivity (Wildman–Crippen MR) is 81.5 cm³/mol. The Labute approximate surface area is 121 Å². The zero-order chi connectivity index (χ0) is 14.0. The van der Waals surface area contributed by atoms with Gasteiger partial charge in [-0.2, -0.15) is 0 Å². The molecule has 0 fully saturated rings. The molecule has 0 spiro atoms. The molecule has 0 bridgehead atoms. The number of aryl methyl sites for hydroxylation is 2. The molecule has 2 aromatic heterocycles. The molecular weight excluding hydrogens is 278 g/mol. The highest BCUT2D eigenvalue weighted by Gasteiger charge is 2.12. The van der Waals surface area contributed by atoms with Gasteiger partial charge in [0.15, 0.2) is 0 Å². The summed E-state index contributed by atoms with van der Waals surface area (Å²) in [6.45, 7) is 5.93. The summed E-state index contributed by atoms with van der Waals surface area (Å²) in [5, 5.41) is 4.22. The average molecular weight is 293 g/mol. The van der Waals surface area contributed by atoms with E-state index in [9.17, 15) is 0 Å². The Morgan fingerprint density at radius 2 is 2.16 bits per heavy atom. The minimum absolute atomic E-state index is 0.0414. The van der Waals surface area contributed by atoms with Gasteiger partial charge in [-0.25, -0.2) is 15.0 Å². The van der Waals surface area contributed by atoms with E-state index in [0.29, 0.717) is 11.6 Å². The number of nitrogens with zero attached hydrogens (tertiary/aromatic N) is 3. The molecule has 1 atom stereocenters. The fourth-order valence-electron chi connectivity index (χ4n) is 1.59. The highest BCUT2D eigenvalue weighted by molar-refractivity contribution is 7.80. The Morgan fingerprint density at radius 3 is 2.74 bits per heavy atom. The normalized spacial score (nSPS) is 12.2. The molecule has 1 unspecified atom stereocenters. The van der Waals surface area contributed by atoms with Crippen LogP contribution in [0.5, 0.6) is 0 Å². The summed E-state index contributed by atoms with van der Waals surface area (Å²) < 4.78 is 0. The van der Waals surface area contributed by atoms with Crippen molar-refractivity contribution in [1.29, 1.82) is 0 Å². The molecule has 2 rings (SSSR count). The number of anilines is 1. The van der Waals surface area contributed by atoms with E-state index >= 15 is 0 Å². The molecule has 5 nitrogen and oxygen atoms in total. The first-order valence-corrected chi connectivity index (χ1v) is 7.02. The van der Waals surface area contributed by atoms with Crippen molar-refractivity contribution in [3.63, 3.8) is 0 Å². The van der Waals surface area contributed by atoms with E-state index in [-0.39, 0.29) is 11.0 Å². The van der Waals surface area contributed by atoms with Gasteiger partial charge in [-0.3, -0.25) is 0 Å². The Morgan fingerprint density at radius 1 is 1.42 bits per heavy atom. The molecule has 2 aromatic rings. The fraction of sp³-hybridized carbons (Fsp3) is 0.333. The van der Waals surface area contributed by atoms with Gasteiger partial charge in [0.2, 0.25) is 5.95 Å². The first-order chi connectivity index (χ1) is 8.95. The first-order valence-electron chi connectivity index (χ1n) is 5.80. The maximum Gasteiger partial charge on any atom is 0.224 e. The molecule has 0 aliphatic carbocycles. The van der Waals surface area contributed by atoms with Crippen LogP contribution in [0.2, 0.25) is 0 Å². The molecule has 0 saturated heterocycles. The number of aromatic nitrogens is 3. The number of hydrogen-bond donors (Lipinski definition) is 2. The second-order valence-corrected chi connectivity index (χ2v) is 5.96. The summed E-state index contributed by atoms with van der Waals surface area (Å²) in [4.78, 5) is 14.4. The fourth-order valence-corrected chi connectivity index (χ4v) is 2.47. The maximum atomic E-state index is 5.60. The zero-order valence-electron chi connectivity index (χ0n) is 11.0. The van der Waals surface area contributed by atoms with Crippen LogP contribution in [0.15, 0.2) is 12.3 Å². The van der Waals surface area contributed by atoms with Crippen molar-refractivity contribution in [2.75, 3.05) is 5.32 Å². The molecule has 0 aliphatic heterocycles. The SMILES string of the molecule is Cc1cc(C(N)=S)nc(NC(C)c2ncc(C)s2)n1. The monoisotopic (exact) mass is 293 g/mol. The standard InChI is InChI=1S/C12H15N5S2/c1-6-4-9(10(13)18)17-12(15-6)16-8(3)11-14-5-7(2)19-11/h4-5,8H,1-3H3,(H2,13,18)(H,15,16,17). The van der Waals surface area contributed by atoms with Crippen molar-refractivity contribution >= 4 is 34.5 Å². The summed E-state index contributed by atoms with van der Waals surface area (Å²) in [7, 11) is 0. The lowest BCUT2D eigenvalue weighted by Crippen LogP contribution is -2.16. The van der Waals surface area contributed by atoms with E-state index in [1.165, 1.54) is 4.88 Å². The Kier molecular flexibility index (Phi) is 4.06. The molecule has 0 saturated carbocycles. The third-order valence-corrected chi connectivity index (χ3v) is 3.77. The summed E-state index contributed by atoms with van der Waals surface area (Å²) >= 11 is 6.59. The van der Waals surface area contributed by atoms with E-state index in [1.54, 1.807) is 17.4 Å². The third-order valence-electron chi connectivity index (χ3n) is 2.46. The van der Waals surface area contributed by atoms with Gasteiger partial charge >= 0.3 is 0 Å². The minimum Gasteiger partial charge on any atom is -0.388 e. The predicted octanol–water partition coefficient (Wildman–Crippen LogP) is 2.36. The molecular formula is C12H15N5S2. The zero-order valence-corrected chi connectivity index (χ0v) is 12.6. The maximum absolute atomic E-state index is 5.60. The topological polar surface area (TPSA) is 76.7 Å². The van der Waals surface area contributed by atoms with E-state index in [0.717, 1.165) is 10.7 Å². The Bertz CT molecular complexity index is 608. The number of nitrogens with one attached hydrogen (secondary N) is 1. The quantitative estimate of drug-likeness (QED) is 0.843. The van der Waals surface area contributed by atoms with Gasteiger partial charge < -0.3 is 11.1 Å². The number of thiocarbonyl (C=S) groups is 1. The van der Waals surface area contributed by atoms with Crippen molar-refractivity contribution in [3.05, 3.63) is 33.5 Å². The van der Waals surface area contributed by atoms with Crippen molar-refractivity contribution in [3.8, 4) is 0 Å². The lowest BCUT2D eigenvalue weighted by molar-refractivity contribution is 0.844. The number of rotatable bonds is 4. The second kappa shape index (κ2) is 5.58. The Hall–Kier alpha value is -1.60. The van der Waals surface area contributed by atoms with Crippen LogP contribution in [0.25, 0.3) is 0 Å². The van der Waals surface area contributed by atoms with E-state index in [2.05, 4.69) is 20.3 Å². The molecule has 19 heavy (non-hydrogen) atoms. The molecule has 100 valence electrons. The van der Waals surface area contributed by atoms with Crippen LogP contribution in [-0.4, -0.2) is 19.9 Å². The van der Waals surface area contributed by atoms with Crippen molar-refractivity contribution in [2.45, 2.75) is 26.8 Å². The second-order valence-electron chi connectivity index (χ2n) is 4.26. The summed E-state index contributed by atoms with van der Waals surface area (Å²) in [5.41, 5.74) is 7.00. The van der Waals surface area contributed by atoms with Gasteiger partial charge in [-0.1, -0.05) is 12.2 Å². The van der Waals surface area contributed by atoms with Gasteiger partial charge in [0.1, 0.15) is 15.7 Å². The lowest BCUT2D eigenvalue weighted by Gasteiger charge is -2.12. The number of nitrogens with two attached hydrogens (primary N) is 1. The van der Waals surface area contributed by atoms with Gasteiger partial charge in [0, 0.05) is 16.8 Å². The summed E-state index contributed by atoms with van der Waals surface area (Å²) in [6.07, 6.45) is 1.86. The van der Waals surface area contributed by atoms with Crippen LogP contribution in [-0.2, 0) is 0 Å². The highest BCUT2D eigenvalue weighted by atomic mass is 32.1. The molecule has 2 heterocycles. The largest absolute Gasteiger partial charge is 0.388 e. The Balaban J connectivity index is 2.21. The van der Waals surface area contributed by atoms with Crippen LogP contribution < -0.4 is 11.1 Å². The number of thiazole rings is 1.